The molecule has 0 aromatic heterocycles. The van der Waals surface area contributed by atoms with Gasteiger partial charge in [0.25, 0.3) is 0 Å². The molecule has 3 amide bonds. The van der Waals surface area contributed by atoms with E-state index in [2.05, 4.69) is 20.1 Å². The number of β-amino-alcohol motifs (C(OH)–C–C–N with tert-alkyl or cyclic N) is 1. The average Bonchev–Trinajstić information content (AvgIpc) is 3.47. The molecule has 3 unspecified atom stereocenters. The van der Waals surface area contributed by atoms with Crippen LogP contribution in [0.5, 0.6) is 0 Å². The van der Waals surface area contributed by atoms with E-state index in [0.717, 1.165) is 12.8 Å². The van der Waals surface area contributed by atoms with Crippen LogP contribution in [0.1, 0.15) is 46.5 Å². The van der Waals surface area contributed by atoms with Gasteiger partial charge >= 0.3 is 0 Å². The van der Waals surface area contributed by atoms with Gasteiger partial charge in [-0.3, -0.25) is 14.4 Å². The maximum Gasteiger partial charge on any atom is 0.248 e. The number of carbonyl (C=O) groups excluding carboxylic acids is 3. The number of likely N-dealkylation sites (tertiary alicyclic amines) is 1. The Labute approximate surface area is 225 Å². The van der Waals surface area contributed by atoms with Crippen LogP contribution in [0.4, 0.5) is 5.69 Å². The third kappa shape index (κ3) is 4.37. The Morgan fingerprint density at radius 1 is 1.18 bits per heavy atom. The molecule has 1 aromatic carbocycles. The minimum Gasteiger partial charge on any atom is -0.395 e. The number of para-hydroxylation sites is 1. The first-order valence-electron chi connectivity index (χ1n) is 13.7. The Morgan fingerprint density at radius 2 is 1.87 bits per heavy atom. The van der Waals surface area contributed by atoms with Crippen molar-refractivity contribution >= 4 is 23.4 Å². The Morgan fingerprint density at radius 3 is 2.47 bits per heavy atom. The van der Waals surface area contributed by atoms with Gasteiger partial charge in [-0.25, -0.2) is 0 Å². The van der Waals surface area contributed by atoms with Crippen LogP contribution in [-0.4, -0.2) is 82.2 Å². The van der Waals surface area contributed by atoms with E-state index in [1.165, 1.54) is 4.90 Å². The summed E-state index contributed by atoms with van der Waals surface area (Å²) < 4.78 is 6.73. The smallest absolute Gasteiger partial charge is 0.248 e. The molecular weight excluding hydrogens is 482 g/mol. The largest absolute Gasteiger partial charge is 0.395 e. The summed E-state index contributed by atoms with van der Waals surface area (Å²) in [6.07, 6.45) is 6.14. The molecule has 3 fully saturated rings. The highest BCUT2D eigenvalue weighted by Gasteiger charge is 2.78. The highest BCUT2D eigenvalue weighted by molar-refractivity contribution is 6.03. The van der Waals surface area contributed by atoms with E-state index >= 15 is 0 Å². The van der Waals surface area contributed by atoms with Gasteiger partial charge in [0.2, 0.25) is 17.7 Å². The first-order valence-corrected chi connectivity index (χ1v) is 13.7. The molecule has 3 aliphatic heterocycles. The number of aliphatic hydroxyl groups excluding tert-OH is 1. The molecule has 0 aliphatic carbocycles. The minimum absolute atomic E-state index is 0.00756. The monoisotopic (exact) mass is 523 g/mol. The highest BCUT2D eigenvalue weighted by atomic mass is 16.5. The SMILES string of the molecule is C=CCN(C(=O)[C@@H]1[C@H]2C(=O)N(CCO)C(C(=O)N(CC=C)C(C)CCC)C23CC[C@@]1(C)O3)c1ccccc1. The quantitative estimate of drug-likeness (QED) is 0.425. The third-order valence-corrected chi connectivity index (χ3v) is 8.61. The predicted molar refractivity (Wildman–Crippen MR) is 146 cm³/mol. The Kier molecular flexibility index (Phi) is 8.14. The molecule has 38 heavy (non-hydrogen) atoms. The molecule has 3 aliphatic rings. The molecule has 1 aromatic rings. The lowest BCUT2D eigenvalue weighted by Crippen LogP contribution is -2.58. The first kappa shape index (κ1) is 28.0. The van der Waals surface area contributed by atoms with Gasteiger partial charge in [-0.1, -0.05) is 43.7 Å². The van der Waals surface area contributed by atoms with Gasteiger partial charge in [0.05, 0.1) is 24.0 Å². The van der Waals surface area contributed by atoms with E-state index < -0.39 is 29.1 Å². The second-order valence-corrected chi connectivity index (χ2v) is 11.0. The normalized spacial score (nSPS) is 30.2. The number of hydrogen-bond donors (Lipinski definition) is 1. The number of ether oxygens (including phenoxy) is 1. The number of hydrogen-bond acceptors (Lipinski definition) is 5. The van der Waals surface area contributed by atoms with Crippen molar-refractivity contribution < 1.29 is 24.2 Å². The van der Waals surface area contributed by atoms with Crippen LogP contribution in [-0.2, 0) is 19.1 Å². The van der Waals surface area contributed by atoms with Crippen LogP contribution >= 0.6 is 0 Å². The summed E-state index contributed by atoms with van der Waals surface area (Å²) in [5.41, 5.74) is -1.29. The van der Waals surface area contributed by atoms with Gasteiger partial charge in [-0.05, 0) is 45.2 Å². The van der Waals surface area contributed by atoms with Gasteiger partial charge in [0, 0.05) is 31.4 Å². The average molecular weight is 524 g/mol. The van der Waals surface area contributed by atoms with Crippen molar-refractivity contribution in [3.63, 3.8) is 0 Å². The van der Waals surface area contributed by atoms with Crippen LogP contribution in [0.25, 0.3) is 0 Å². The Bertz CT molecular complexity index is 1080. The standard InChI is InChI=1S/C30H41N3O5/c1-6-12-21(4)31(17-7-2)28(37)25-30-16-15-29(5,38-30)23(24(30)27(36)33(25)19-20-34)26(35)32(18-8-3)22-13-10-9-11-14-22/h7-11,13-14,21,23-25,34H,2-3,6,12,15-20H2,1,4-5H3/t21?,23-,24-,25?,29+,30?/m0/s1. The van der Waals surface area contributed by atoms with Crippen molar-refractivity contribution in [1.29, 1.82) is 0 Å². The second-order valence-electron chi connectivity index (χ2n) is 11.0. The zero-order valence-corrected chi connectivity index (χ0v) is 22.8. The van der Waals surface area contributed by atoms with E-state index in [0.29, 0.717) is 25.1 Å². The minimum atomic E-state index is -1.12. The first-order chi connectivity index (χ1) is 18.2. The van der Waals surface area contributed by atoms with Gasteiger partial charge < -0.3 is 24.5 Å². The molecule has 3 saturated heterocycles. The fraction of sp³-hybridized carbons (Fsp3) is 0.567. The summed E-state index contributed by atoms with van der Waals surface area (Å²) in [6, 6.07) is 8.37. The van der Waals surface area contributed by atoms with Crippen molar-refractivity contribution in [1.82, 2.24) is 9.80 Å². The highest BCUT2D eigenvalue weighted by Crippen LogP contribution is 2.63. The molecule has 0 radical (unpaired) electrons. The van der Waals surface area contributed by atoms with E-state index in [1.807, 2.05) is 44.2 Å². The predicted octanol–water partition coefficient (Wildman–Crippen LogP) is 3.17. The molecule has 8 heteroatoms. The van der Waals surface area contributed by atoms with Crippen LogP contribution in [0.2, 0.25) is 0 Å². The van der Waals surface area contributed by atoms with Crippen molar-refractivity contribution in [2.75, 3.05) is 31.1 Å². The molecule has 2 bridgehead atoms. The van der Waals surface area contributed by atoms with Gasteiger partial charge in [0.15, 0.2) is 0 Å². The summed E-state index contributed by atoms with van der Waals surface area (Å²) in [4.78, 5) is 47.5. The third-order valence-electron chi connectivity index (χ3n) is 8.61. The lowest BCUT2D eigenvalue weighted by molar-refractivity contribution is -0.153. The molecular formula is C30H41N3O5. The molecule has 1 N–H and O–H groups in total. The van der Waals surface area contributed by atoms with Gasteiger partial charge in [-0.2, -0.15) is 0 Å². The summed E-state index contributed by atoms with van der Waals surface area (Å²) in [5, 5.41) is 9.88. The zero-order chi connectivity index (χ0) is 27.7. The zero-order valence-electron chi connectivity index (χ0n) is 22.8. The van der Waals surface area contributed by atoms with E-state index in [1.54, 1.807) is 22.0 Å². The Balaban J connectivity index is 1.77. The van der Waals surface area contributed by atoms with Crippen molar-refractivity contribution in [2.45, 2.75) is 69.7 Å². The number of aliphatic hydroxyl groups is 1. The number of nitrogens with zero attached hydrogens (tertiary/aromatic N) is 3. The molecule has 4 rings (SSSR count). The fourth-order valence-corrected chi connectivity index (χ4v) is 7.01. The van der Waals surface area contributed by atoms with Gasteiger partial charge in [-0.15, -0.1) is 13.2 Å². The summed E-state index contributed by atoms with van der Waals surface area (Å²) in [7, 11) is 0. The van der Waals surface area contributed by atoms with Crippen LogP contribution in [0.15, 0.2) is 55.6 Å². The molecule has 1 spiro atoms. The number of carbonyl (C=O) groups is 3. The van der Waals surface area contributed by atoms with Crippen LogP contribution in [0, 0.1) is 11.8 Å². The second kappa shape index (κ2) is 11.0. The molecule has 6 atom stereocenters. The van der Waals surface area contributed by atoms with Crippen LogP contribution < -0.4 is 4.90 Å². The fourth-order valence-electron chi connectivity index (χ4n) is 7.01. The number of amides is 3. The van der Waals surface area contributed by atoms with Gasteiger partial charge in [0.1, 0.15) is 11.6 Å². The summed E-state index contributed by atoms with van der Waals surface area (Å²) >= 11 is 0. The van der Waals surface area contributed by atoms with E-state index in [-0.39, 0.29) is 43.5 Å². The Hall–Kier alpha value is -2.97. The number of anilines is 1. The molecule has 0 saturated carbocycles. The topological polar surface area (TPSA) is 90.4 Å². The number of fused-ring (bicyclic) bond motifs is 1. The van der Waals surface area contributed by atoms with Crippen molar-refractivity contribution in [3.05, 3.63) is 55.6 Å². The van der Waals surface area contributed by atoms with Crippen LogP contribution in [0.3, 0.4) is 0 Å². The lowest BCUT2D eigenvalue weighted by atomic mass is 9.66. The maximum atomic E-state index is 14.3. The van der Waals surface area contributed by atoms with Crippen molar-refractivity contribution in [3.8, 4) is 0 Å². The van der Waals surface area contributed by atoms with Crippen molar-refractivity contribution in [2.24, 2.45) is 11.8 Å². The molecule has 3 heterocycles. The maximum absolute atomic E-state index is 14.3. The molecule has 8 nitrogen and oxygen atoms in total. The summed E-state index contributed by atoms with van der Waals surface area (Å²) in [6.45, 7) is 14.0. The van der Waals surface area contributed by atoms with E-state index in [9.17, 15) is 19.5 Å². The number of rotatable bonds is 12. The molecule has 206 valence electrons. The lowest BCUT2D eigenvalue weighted by Gasteiger charge is -2.38. The van der Waals surface area contributed by atoms with E-state index in [4.69, 9.17) is 4.74 Å². The summed E-state index contributed by atoms with van der Waals surface area (Å²) in [5.74, 6) is -2.29. The number of benzene rings is 1.